The van der Waals surface area contributed by atoms with E-state index in [1.165, 1.54) is 31.3 Å². The largest absolute Gasteiger partial charge is 0.0851 e. The summed E-state index contributed by atoms with van der Waals surface area (Å²) in [5.41, 5.74) is 1.89. The second-order valence-electron chi connectivity index (χ2n) is 4.63. The molecule has 0 N–H and O–H groups in total. The van der Waals surface area contributed by atoms with E-state index >= 15 is 0 Å². The Labute approximate surface area is 78.1 Å². The lowest BCUT2D eigenvalue weighted by molar-refractivity contribution is 0.500. The zero-order valence-electron chi connectivity index (χ0n) is 9.41. The van der Waals surface area contributed by atoms with Crippen molar-refractivity contribution < 1.29 is 0 Å². The summed E-state index contributed by atoms with van der Waals surface area (Å²) >= 11 is 0. The number of unbranched alkanes of at least 4 members (excludes halogenated alkanes) is 3. The van der Waals surface area contributed by atoms with Gasteiger partial charge < -0.3 is 0 Å². The Hall–Kier alpha value is -0.260. The molecule has 72 valence electrons. The van der Waals surface area contributed by atoms with Crippen molar-refractivity contribution in [3.05, 3.63) is 11.6 Å². The van der Waals surface area contributed by atoms with Crippen LogP contribution in [-0.4, -0.2) is 0 Å². The summed E-state index contributed by atoms with van der Waals surface area (Å²) in [4.78, 5) is 0. The first kappa shape index (κ1) is 11.7. The van der Waals surface area contributed by atoms with Gasteiger partial charge in [0.25, 0.3) is 0 Å². The molecule has 0 bridgehead atoms. The lowest BCUT2D eigenvalue weighted by Crippen LogP contribution is -2.06. The summed E-state index contributed by atoms with van der Waals surface area (Å²) in [6, 6.07) is 0. The van der Waals surface area contributed by atoms with Crippen LogP contribution in [0.4, 0.5) is 0 Å². The van der Waals surface area contributed by atoms with Crippen LogP contribution < -0.4 is 0 Å². The van der Waals surface area contributed by atoms with Crippen LogP contribution in [0.2, 0.25) is 0 Å². The topological polar surface area (TPSA) is 0 Å². The van der Waals surface area contributed by atoms with Crippen LogP contribution in [0.3, 0.4) is 0 Å². The van der Waals surface area contributed by atoms with E-state index in [0.29, 0.717) is 5.41 Å². The van der Waals surface area contributed by atoms with E-state index < -0.39 is 0 Å². The summed E-state index contributed by atoms with van der Waals surface area (Å²) in [5.74, 6) is 0. The highest BCUT2D eigenvalue weighted by atomic mass is 14.2. The minimum Gasteiger partial charge on any atom is -0.0851 e. The molecule has 0 aliphatic rings. The predicted octanol–water partition coefficient (Wildman–Crippen LogP) is 4.56. The fourth-order valence-corrected chi connectivity index (χ4v) is 1.02. The maximum atomic E-state index is 2.40. The summed E-state index contributed by atoms with van der Waals surface area (Å²) in [6.45, 7) is 11.3. The number of allylic oxidation sites excluding steroid dienone is 2. The Morgan fingerprint density at radius 1 is 1.17 bits per heavy atom. The van der Waals surface area contributed by atoms with Crippen molar-refractivity contribution in [3.8, 4) is 0 Å². The van der Waals surface area contributed by atoms with Crippen molar-refractivity contribution in [1.82, 2.24) is 0 Å². The van der Waals surface area contributed by atoms with Gasteiger partial charge in [0, 0.05) is 0 Å². The molecule has 0 heteroatoms. The third kappa shape index (κ3) is 5.40. The van der Waals surface area contributed by atoms with Gasteiger partial charge in [-0.3, -0.25) is 0 Å². The van der Waals surface area contributed by atoms with Gasteiger partial charge in [0.1, 0.15) is 0 Å². The maximum Gasteiger partial charge on any atom is -0.0176 e. The average molecular weight is 168 g/mol. The van der Waals surface area contributed by atoms with E-state index in [2.05, 4.69) is 40.7 Å². The van der Waals surface area contributed by atoms with Crippen LogP contribution in [0.5, 0.6) is 0 Å². The first-order valence-electron chi connectivity index (χ1n) is 5.15. The highest BCUT2D eigenvalue weighted by Gasteiger charge is 2.11. The van der Waals surface area contributed by atoms with Gasteiger partial charge in [-0.25, -0.2) is 0 Å². The summed E-state index contributed by atoms with van der Waals surface area (Å²) in [7, 11) is 0. The molecule has 0 nitrogen and oxygen atoms in total. The van der Waals surface area contributed by atoms with E-state index in [0.717, 1.165) is 0 Å². The zero-order chi connectivity index (χ0) is 9.61. The molecular weight excluding hydrogens is 144 g/mol. The van der Waals surface area contributed by atoms with Gasteiger partial charge in [-0.1, -0.05) is 52.2 Å². The molecule has 0 unspecified atom stereocenters. The minimum atomic E-state index is 0.367. The molecule has 0 aromatic heterocycles. The Morgan fingerprint density at radius 3 is 2.17 bits per heavy atom. The molecule has 0 amide bonds. The van der Waals surface area contributed by atoms with Crippen molar-refractivity contribution in [2.75, 3.05) is 0 Å². The SMILES string of the molecule is CCCCC/C=C(\C)C(C)(C)C. The van der Waals surface area contributed by atoms with Crippen LogP contribution >= 0.6 is 0 Å². The molecule has 0 aliphatic heterocycles. The molecule has 12 heavy (non-hydrogen) atoms. The molecule has 0 fully saturated rings. The van der Waals surface area contributed by atoms with Crippen LogP contribution in [0.15, 0.2) is 11.6 Å². The van der Waals surface area contributed by atoms with E-state index in [1.807, 2.05) is 0 Å². The monoisotopic (exact) mass is 168 g/mol. The normalized spacial score (nSPS) is 13.6. The minimum absolute atomic E-state index is 0.367. The van der Waals surface area contributed by atoms with Crippen molar-refractivity contribution >= 4 is 0 Å². The predicted molar refractivity (Wildman–Crippen MR) is 57.4 cm³/mol. The third-order valence-corrected chi connectivity index (χ3v) is 2.44. The summed E-state index contributed by atoms with van der Waals surface area (Å²) in [6.07, 6.45) is 7.70. The van der Waals surface area contributed by atoms with Crippen LogP contribution in [0.1, 0.15) is 60.3 Å². The van der Waals surface area contributed by atoms with E-state index in [1.54, 1.807) is 0 Å². The van der Waals surface area contributed by atoms with E-state index in [9.17, 15) is 0 Å². The van der Waals surface area contributed by atoms with Crippen molar-refractivity contribution in [3.63, 3.8) is 0 Å². The van der Waals surface area contributed by atoms with Gasteiger partial charge >= 0.3 is 0 Å². The van der Waals surface area contributed by atoms with Crippen molar-refractivity contribution in [1.29, 1.82) is 0 Å². The van der Waals surface area contributed by atoms with Crippen LogP contribution in [0, 0.1) is 5.41 Å². The Bertz CT molecular complexity index is 135. The molecule has 0 aromatic carbocycles. The van der Waals surface area contributed by atoms with Gasteiger partial charge in [-0.05, 0) is 25.2 Å². The highest BCUT2D eigenvalue weighted by Crippen LogP contribution is 2.24. The lowest BCUT2D eigenvalue weighted by Gasteiger charge is -2.19. The van der Waals surface area contributed by atoms with Gasteiger partial charge in [0.05, 0.1) is 0 Å². The van der Waals surface area contributed by atoms with Crippen LogP contribution in [-0.2, 0) is 0 Å². The zero-order valence-corrected chi connectivity index (χ0v) is 9.41. The molecular formula is C12H24. The molecule has 0 aliphatic carbocycles. The smallest absolute Gasteiger partial charge is 0.0176 e. The van der Waals surface area contributed by atoms with Crippen molar-refractivity contribution in [2.45, 2.75) is 60.3 Å². The molecule has 0 atom stereocenters. The van der Waals surface area contributed by atoms with Gasteiger partial charge in [0.15, 0.2) is 0 Å². The van der Waals surface area contributed by atoms with E-state index in [4.69, 9.17) is 0 Å². The van der Waals surface area contributed by atoms with Crippen molar-refractivity contribution in [2.24, 2.45) is 5.41 Å². The standard InChI is InChI=1S/C12H24/c1-6-7-8-9-10-11(2)12(3,4)5/h10H,6-9H2,1-5H3/b11-10+. The first-order chi connectivity index (χ1) is 5.48. The molecule has 0 rings (SSSR count). The molecule has 0 spiro atoms. The summed E-state index contributed by atoms with van der Waals surface area (Å²) < 4.78 is 0. The van der Waals surface area contributed by atoms with E-state index in [-0.39, 0.29) is 0 Å². The molecule has 0 saturated carbocycles. The highest BCUT2D eigenvalue weighted by molar-refractivity contribution is 5.06. The Morgan fingerprint density at radius 2 is 1.75 bits per heavy atom. The Kier molecular flexibility index (Phi) is 5.28. The van der Waals surface area contributed by atoms with Gasteiger partial charge in [-0.2, -0.15) is 0 Å². The van der Waals surface area contributed by atoms with Gasteiger partial charge in [0.2, 0.25) is 0 Å². The second-order valence-corrected chi connectivity index (χ2v) is 4.63. The fourth-order valence-electron chi connectivity index (χ4n) is 1.02. The molecule has 0 aromatic rings. The second kappa shape index (κ2) is 5.40. The number of rotatable bonds is 4. The third-order valence-electron chi connectivity index (χ3n) is 2.44. The first-order valence-corrected chi connectivity index (χ1v) is 5.15. The fraction of sp³-hybridized carbons (Fsp3) is 0.833. The molecule has 0 saturated heterocycles. The summed E-state index contributed by atoms with van der Waals surface area (Å²) in [5, 5.41) is 0. The molecule has 0 heterocycles. The number of hydrogen-bond donors (Lipinski definition) is 0. The van der Waals surface area contributed by atoms with Gasteiger partial charge in [-0.15, -0.1) is 0 Å². The number of hydrogen-bond acceptors (Lipinski definition) is 0. The molecule has 0 radical (unpaired) electrons. The average Bonchev–Trinajstić information content (AvgIpc) is 1.96. The lowest BCUT2D eigenvalue weighted by atomic mass is 9.87. The Balaban J connectivity index is 3.70. The maximum absolute atomic E-state index is 2.40. The van der Waals surface area contributed by atoms with Crippen LogP contribution in [0.25, 0.3) is 0 Å². The quantitative estimate of drug-likeness (QED) is 0.426.